The first-order valence-corrected chi connectivity index (χ1v) is 5.55. The molecule has 19 heavy (non-hydrogen) atoms. The monoisotopic (exact) mass is 276 g/mol. The third-order valence-electron chi connectivity index (χ3n) is 2.41. The topological polar surface area (TPSA) is 71.2 Å². The zero-order valence-corrected chi connectivity index (χ0v) is 10.5. The molecule has 0 saturated heterocycles. The van der Waals surface area contributed by atoms with Crippen molar-refractivity contribution in [1.29, 1.82) is 0 Å². The maximum atomic E-state index is 12.5. The second-order valence-corrected chi connectivity index (χ2v) is 4.19. The van der Waals surface area contributed by atoms with E-state index in [2.05, 4.69) is 10.4 Å². The van der Waals surface area contributed by atoms with Gasteiger partial charge in [0.25, 0.3) is 5.91 Å². The lowest BCUT2D eigenvalue weighted by atomic mass is 10.2. The molecule has 0 bridgehead atoms. The molecule has 0 aliphatic heterocycles. The van der Waals surface area contributed by atoms with Crippen LogP contribution in [0.1, 0.15) is 24.2 Å². The SMILES string of the molecule is CC(C)N(CC(F)(F)F)C(=O)c1cccnc1NN. The molecule has 0 aliphatic carbocycles. The van der Waals surface area contributed by atoms with E-state index >= 15 is 0 Å². The van der Waals surface area contributed by atoms with Crippen LogP contribution in [-0.4, -0.2) is 34.6 Å². The van der Waals surface area contributed by atoms with Crippen LogP contribution in [0.3, 0.4) is 0 Å². The highest BCUT2D eigenvalue weighted by Gasteiger charge is 2.35. The molecule has 5 nitrogen and oxygen atoms in total. The van der Waals surface area contributed by atoms with Gasteiger partial charge in [0.1, 0.15) is 6.54 Å². The van der Waals surface area contributed by atoms with Crippen molar-refractivity contribution in [2.24, 2.45) is 5.84 Å². The minimum atomic E-state index is -4.46. The normalized spacial score (nSPS) is 11.5. The van der Waals surface area contributed by atoms with Crippen LogP contribution >= 0.6 is 0 Å². The summed E-state index contributed by atoms with van der Waals surface area (Å²) in [6, 6.07) is 2.23. The summed E-state index contributed by atoms with van der Waals surface area (Å²) in [7, 11) is 0. The number of nitrogens with zero attached hydrogens (tertiary/aromatic N) is 2. The number of nitrogen functional groups attached to an aromatic ring is 1. The molecule has 0 atom stereocenters. The van der Waals surface area contributed by atoms with E-state index in [1.165, 1.54) is 32.2 Å². The number of hydrazine groups is 1. The molecule has 0 aromatic carbocycles. The highest BCUT2D eigenvalue weighted by molar-refractivity contribution is 5.98. The Hall–Kier alpha value is -1.83. The number of carbonyl (C=O) groups is 1. The van der Waals surface area contributed by atoms with Gasteiger partial charge in [-0.25, -0.2) is 10.8 Å². The number of hydrogen-bond acceptors (Lipinski definition) is 4. The Morgan fingerprint density at radius 3 is 2.63 bits per heavy atom. The molecule has 1 aromatic heterocycles. The fourth-order valence-electron chi connectivity index (χ4n) is 1.53. The van der Waals surface area contributed by atoms with E-state index < -0.39 is 24.7 Å². The Labute approximate surface area is 108 Å². The summed E-state index contributed by atoms with van der Waals surface area (Å²) >= 11 is 0. The second kappa shape index (κ2) is 5.87. The van der Waals surface area contributed by atoms with Crippen LogP contribution in [0.5, 0.6) is 0 Å². The molecule has 0 aliphatic rings. The van der Waals surface area contributed by atoms with Gasteiger partial charge in [0.15, 0.2) is 5.82 Å². The van der Waals surface area contributed by atoms with Gasteiger partial charge in [-0.15, -0.1) is 0 Å². The predicted octanol–water partition coefficient (Wildman–Crippen LogP) is 1.78. The molecule has 0 radical (unpaired) electrons. The smallest absolute Gasteiger partial charge is 0.327 e. The molecule has 0 saturated carbocycles. The van der Waals surface area contributed by atoms with Crippen LogP contribution in [0, 0.1) is 0 Å². The average molecular weight is 276 g/mol. The van der Waals surface area contributed by atoms with Crippen LogP contribution in [0.4, 0.5) is 19.0 Å². The third kappa shape index (κ3) is 4.09. The maximum Gasteiger partial charge on any atom is 0.406 e. The highest BCUT2D eigenvalue weighted by Crippen LogP contribution is 2.21. The minimum absolute atomic E-state index is 0.00273. The number of carbonyl (C=O) groups excluding carboxylic acids is 1. The molecule has 1 aromatic rings. The Balaban J connectivity index is 3.06. The number of nitrogens with one attached hydrogen (secondary N) is 1. The maximum absolute atomic E-state index is 12.5. The molecule has 1 amide bonds. The summed E-state index contributed by atoms with van der Waals surface area (Å²) in [5.41, 5.74) is 2.20. The number of nitrogens with two attached hydrogens (primary N) is 1. The zero-order chi connectivity index (χ0) is 14.6. The van der Waals surface area contributed by atoms with Gasteiger partial charge in [-0.2, -0.15) is 13.2 Å². The van der Waals surface area contributed by atoms with Crippen molar-refractivity contribution in [2.45, 2.75) is 26.1 Å². The van der Waals surface area contributed by atoms with Gasteiger partial charge in [0.2, 0.25) is 0 Å². The zero-order valence-electron chi connectivity index (χ0n) is 10.5. The second-order valence-electron chi connectivity index (χ2n) is 4.19. The molecule has 3 N–H and O–H groups in total. The van der Waals surface area contributed by atoms with Crippen LogP contribution in [0.2, 0.25) is 0 Å². The van der Waals surface area contributed by atoms with Gasteiger partial charge >= 0.3 is 6.18 Å². The Kier molecular flexibility index (Phi) is 4.71. The first kappa shape index (κ1) is 15.2. The number of amides is 1. The first-order valence-electron chi connectivity index (χ1n) is 5.55. The predicted molar refractivity (Wildman–Crippen MR) is 64.3 cm³/mol. The van der Waals surface area contributed by atoms with Crippen molar-refractivity contribution in [3.05, 3.63) is 23.9 Å². The van der Waals surface area contributed by atoms with Gasteiger partial charge in [0.05, 0.1) is 5.56 Å². The minimum Gasteiger partial charge on any atom is -0.327 e. The van der Waals surface area contributed by atoms with E-state index in [0.717, 1.165) is 4.90 Å². The number of aromatic nitrogens is 1. The highest BCUT2D eigenvalue weighted by atomic mass is 19.4. The lowest BCUT2D eigenvalue weighted by molar-refractivity contribution is -0.143. The largest absolute Gasteiger partial charge is 0.406 e. The molecule has 1 heterocycles. The van der Waals surface area contributed by atoms with Crippen LogP contribution < -0.4 is 11.3 Å². The molecule has 106 valence electrons. The van der Waals surface area contributed by atoms with Crippen LogP contribution in [-0.2, 0) is 0 Å². The summed E-state index contributed by atoms with van der Waals surface area (Å²) in [6.45, 7) is 1.70. The van der Waals surface area contributed by atoms with E-state index in [4.69, 9.17) is 5.84 Å². The number of rotatable bonds is 4. The lowest BCUT2D eigenvalue weighted by Crippen LogP contribution is -2.43. The van der Waals surface area contributed by atoms with Gasteiger partial charge in [-0.3, -0.25) is 4.79 Å². The Morgan fingerprint density at radius 1 is 1.53 bits per heavy atom. The quantitative estimate of drug-likeness (QED) is 0.649. The average Bonchev–Trinajstić information content (AvgIpc) is 2.33. The fourth-order valence-corrected chi connectivity index (χ4v) is 1.53. The fraction of sp³-hybridized carbons (Fsp3) is 0.455. The van der Waals surface area contributed by atoms with E-state index in [1.54, 1.807) is 0 Å². The molecular formula is C11H15F3N4O. The van der Waals surface area contributed by atoms with Crippen molar-refractivity contribution in [3.8, 4) is 0 Å². The summed E-state index contributed by atoms with van der Waals surface area (Å²) < 4.78 is 37.4. The van der Waals surface area contributed by atoms with E-state index in [-0.39, 0.29) is 11.4 Å². The number of pyridine rings is 1. The molecular weight excluding hydrogens is 261 g/mol. The number of halogens is 3. The molecule has 8 heteroatoms. The molecule has 0 unspecified atom stereocenters. The summed E-state index contributed by atoms with van der Waals surface area (Å²) in [5, 5.41) is 0. The lowest BCUT2D eigenvalue weighted by Gasteiger charge is -2.28. The van der Waals surface area contributed by atoms with E-state index in [1.807, 2.05) is 0 Å². The molecule has 1 rings (SSSR count). The number of alkyl halides is 3. The van der Waals surface area contributed by atoms with Crippen molar-refractivity contribution in [3.63, 3.8) is 0 Å². The van der Waals surface area contributed by atoms with Crippen molar-refractivity contribution in [2.75, 3.05) is 12.0 Å². The summed E-state index contributed by atoms with van der Waals surface area (Å²) in [6.07, 6.45) is -3.08. The summed E-state index contributed by atoms with van der Waals surface area (Å²) in [5.74, 6) is 4.46. The molecule has 0 fully saturated rings. The van der Waals surface area contributed by atoms with Gasteiger partial charge in [-0.05, 0) is 26.0 Å². The number of anilines is 1. The molecule has 0 spiro atoms. The Bertz CT molecular complexity index is 448. The van der Waals surface area contributed by atoms with Gasteiger partial charge in [0, 0.05) is 12.2 Å². The standard InChI is InChI=1S/C11H15F3N4O/c1-7(2)18(6-11(12,13)14)10(19)8-4-3-5-16-9(8)17-15/h3-5,7H,6,15H2,1-2H3,(H,16,17). The van der Waals surface area contributed by atoms with Gasteiger partial charge < -0.3 is 10.3 Å². The van der Waals surface area contributed by atoms with Gasteiger partial charge in [-0.1, -0.05) is 0 Å². The van der Waals surface area contributed by atoms with E-state index in [0.29, 0.717) is 0 Å². The third-order valence-corrected chi connectivity index (χ3v) is 2.41. The van der Waals surface area contributed by atoms with Crippen molar-refractivity contribution < 1.29 is 18.0 Å². The number of hydrogen-bond donors (Lipinski definition) is 2. The van der Waals surface area contributed by atoms with Crippen molar-refractivity contribution in [1.82, 2.24) is 9.88 Å². The van der Waals surface area contributed by atoms with Crippen LogP contribution in [0.15, 0.2) is 18.3 Å². The van der Waals surface area contributed by atoms with Crippen molar-refractivity contribution >= 4 is 11.7 Å². The van der Waals surface area contributed by atoms with E-state index in [9.17, 15) is 18.0 Å². The Morgan fingerprint density at radius 2 is 2.16 bits per heavy atom. The summed E-state index contributed by atoms with van der Waals surface area (Å²) in [4.78, 5) is 16.6. The van der Waals surface area contributed by atoms with Crippen LogP contribution in [0.25, 0.3) is 0 Å². The first-order chi connectivity index (χ1) is 8.76.